The van der Waals surface area contributed by atoms with Crippen LogP contribution in [0.15, 0.2) is 53.1 Å². The zero-order chi connectivity index (χ0) is 14.1. The minimum absolute atomic E-state index is 0.274. The second-order valence-electron chi connectivity index (χ2n) is 4.45. The average molecular weight is 331 g/mol. The van der Waals surface area contributed by atoms with Crippen LogP contribution in [0.3, 0.4) is 0 Å². The molecule has 1 aromatic carbocycles. The molecule has 0 spiro atoms. The number of benzene rings is 1. The van der Waals surface area contributed by atoms with Gasteiger partial charge >= 0.3 is 5.97 Å². The average Bonchev–Trinajstić information content (AvgIpc) is 2.81. The third-order valence-electron chi connectivity index (χ3n) is 3.14. The number of carboxylic acids is 1. The highest BCUT2D eigenvalue weighted by Gasteiger charge is 2.14. The summed E-state index contributed by atoms with van der Waals surface area (Å²) in [5, 5.41) is 10.3. The van der Waals surface area contributed by atoms with E-state index in [4.69, 9.17) is 0 Å². The van der Waals surface area contributed by atoms with Crippen molar-refractivity contribution in [1.29, 1.82) is 0 Å². The summed E-state index contributed by atoms with van der Waals surface area (Å²) in [4.78, 5) is 15.7. The monoisotopic (exact) mass is 330 g/mol. The minimum Gasteiger partial charge on any atom is -0.477 e. The van der Waals surface area contributed by atoms with E-state index in [9.17, 15) is 9.90 Å². The highest BCUT2D eigenvalue weighted by Crippen LogP contribution is 2.21. The van der Waals surface area contributed by atoms with Crippen LogP contribution in [0.4, 0.5) is 0 Å². The molecular weight excluding hydrogens is 320 g/mol. The highest BCUT2D eigenvalue weighted by atomic mass is 79.9. The second kappa shape index (κ2) is 5.09. The normalized spacial score (nSPS) is 10.8. The Labute approximate surface area is 123 Å². The van der Waals surface area contributed by atoms with Crippen LogP contribution in [0.25, 0.3) is 10.9 Å². The number of rotatable bonds is 3. The van der Waals surface area contributed by atoms with Crippen molar-refractivity contribution >= 4 is 32.8 Å². The predicted octanol–water partition coefficient (Wildman–Crippen LogP) is 3.55. The van der Waals surface area contributed by atoms with E-state index < -0.39 is 5.97 Å². The quantitative estimate of drug-likeness (QED) is 0.799. The molecule has 100 valence electrons. The van der Waals surface area contributed by atoms with E-state index in [1.807, 2.05) is 36.4 Å². The Hall–Kier alpha value is -2.14. The fourth-order valence-electron chi connectivity index (χ4n) is 2.22. The number of carbonyl (C=O) groups is 1. The van der Waals surface area contributed by atoms with Gasteiger partial charge < -0.3 is 9.67 Å². The molecule has 0 amide bonds. The van der Waals surface area contributed by atoms with Gasteiger partial charge in [0.2, 0.25) is 0 Å². The van der Waals surface area contributed by atoms with Crippen LogP contribution in [0.5, 0.6) is 0 Å². The van der Waals surface area contributed by atoms with Crippen molar-refractivity contribution in [3.05, 3.63) is 64.5 Å². The largest absolute Gasteiger partial charge is 0.477 e. The minimum atomic E-state index is -0.932. The molecule has 2 heterocycles. The number of para-hydroxylation sites is 1. The summed E-state index contributed by atoms with van der Waals surface area (Å²) in [6.07, 6.45) is 1.71. The Morgan fingerprint density at radius 2 is 2.05 bits per heavy atom. The molecule has 0 fully saturated rings. The lowest BCUT2D eigenvalue weighted by Crippen LogP contribution is -2.10. The molecule has 0 saturated carbocycles. The van der Waals surface area contributed by atoms with Gasteiger partial charge in [-0.3, -0.25) is 4.98 Å². The van der Waals surface area contributed by atoms with Gasteiger partial charge in [-0.15, -0.1) is 0 Å². The lowest BCUT2D eigenvalue weighted by molar-refractivity contribution is 0.0686. The van der Waals surface area contributed by atoms with Crippen molar-refractivity contribution in [2.24, 2.45) is 0 Å². The molecule has 4 nitrogen and oxygen atoms in total. The lowest BCUT2D eigenvalue weighted by Gasteiger charge is -2.08. The second-order valence-corrected chi connectivity index (χ2v) is 5.36. The van der Waals surface area contributed by atoms with Crippen LogP contribution in [0.1, 0.15) is 16.2 Å². The molecule has 3 aromatic rings. The molecule has 20 heavy (non-hydrogen) atoms. The van der Waals surface area contributed by atoms with Gasteiger partial charge in [0.25, 0.3) is 0 Å². The summed E-state index contributed by atoms with van der Waals surface area (Å²) in [5.74, 6) is -0.932. The van der Waals surface area contributed by atoms with Crippen LogP contribution >= 0.6 is 15.9 Å². The van der Waals surface area contributed by atoms with Crippen LogP contribution in [0, 0.1) is 0 Å². The molecule has 2 aromatic heterocycles. The summed E-state index contributed by atoms with van der Waals surface area (Å²) < 4.78 is 2.67. The maximum Gasteiger partial charge on any atom is 0.352 e. The van der Waals surface area contributed by atoms with Crippen molar-refractivity contribution in [1.82, 2.24) is 9.55 Å². The first-order valence-electron chi connectivity index (χ1n) is 6.07. The van der Waals surface area contributed by atoms with Crippen molar-refractivity contribution in [2.45, 2.75) is 6.54 Å². The van der Waals surface area contributed by atoms with Crippen molar-refractivity contribution < 1.29 is 9.90 Å². The van der Waals surface area contributed by atoms with Gasteiger partial charge in [0.1, 0.15) is 5.69 Å². The van der Waals surface area contributed by atoms with Gasteiger partial charge in [0.05, 0.1) is 12.2 Å². The highest BCUT2D eigenvalue weighted by molar-refractivity contribution is 9.10. The molecule has 0 aliphatic carbocycles. The predicted molar refractivity (Wildman–Crippen MR) is 79.9 cm³/mol. The Morgan fingerprint density at radius 3 is 2.75 bits per heavy atom. The Kier molecular flexibility index (Phi) is 3.28. The molecule has 0 aliphatic heterocycles. The number of pyridine rings is 1. The summed E-state index contributed by atoms with van der Waals surface area (Å²) in [6, 6.07) is 13.1. The van der Waals surface area contributed by atoms with Gasteiger partial charge in [0, 0.05) is 21.6 Å². The molecule has 1 N–H and O–H groups in total. The number of carboxylic acid groups (broad SMARTS) is 1. The van der Waals surface area contributed by atoms with E-state index in [-0.39, 0.29) is 5.69 Å². The van der Waals surface area contributed by atoms with Crippen LogP contribution < -0.4 is 0 Å². The van der Waals surface area contributed by atoms with E-state index in [1.165, 1.54) is 0 Å². The van der Waals surface area contributed by atoms with Gasteiger partial charge in [-0.2, -0.15) is 0 Å². The molecule has 0 unspecified atom stereocenters. The van der Waals surface area contributed by atoms with Gasteiger partial charge in [-0.05, 0) is 40.2 Å². The first-order chi connectivity index (χ1) is 9.65. The Balaban J connectivity index is 2.11. The Bertz CT molecular complexity index is 778. The molecule has 0 atom stereocenters. The SMILES string of the molecule is O=C(O)c1cc2ccccc2n1Cc1ccc(Br)cn1. The molecule has 3 rings (SSSR count). The smallest absolute Gasteiger partial charge is 0.352 e. The molecule has 0 saturated heterocycles. The van der Waals surface area contributed by atoms with E-state index in [0.29, 0.717) is 6.54 Å². The number of nitrogens with zero attached hydrogens (tertiary/aromatic N) is 2. The number of hydrogen-bond donors (Lipinski definition) is 1. The third-order valence-corrected chi connectivity index (χ3v) is 3.61. The van der Waals surface area contributed by atoms with Crippen LogP contribution in [-0.2, 0) is 6.54 Å². The molecular formula is C15H11BrN2O2. The van der Waals surface area contributed by atoms with Crippen LogP contribution in [0.2, 0.25) is 0 Å². The molecule has 0 aliphatic rings. The molecule has 0 radical (unpaired) electrons. The Morgan fingerprint density at radius 1 is 1.25 bits per heavy atom. The summed E-state index contributed by atoms with van der Waals surface area (Å²) in [5.41, 5.74) is 1.99. The van der Waals surface area contributed by atoms with Gasteiger partial charge in [-0.25, -0.2) is 4.79 Å². The first-order valence-corrected chi connectivity index (χ1v) is 6.86. The summed E-state index contributed by atoms with van der Waals surface area (Å²) in [7, 11) is 0. The summed E-state index contributed by atoms with van der Waals surface area (Å²) in [6.45, 7) is 0.433. The fourth-order valence-corrected chi connectivity index (χ4v) is 2.45. The van der Waals surface area contributed by atoms with Crippen LogP contribution in [-0.4, -0.2) is 20.6 Å². The zero-order valence-corrected chi connectivity index (χ0v) is 12.0. The zero-order valence-electron chi connectivity index (χ0n) is 10.5. The summed E-state index contributed by atoms with van der Waals surface area (Å²) >= 11 is 3.34. The van der Waals surface area contributed by atoms with E-state index >= 15 is 0 Å². The molecule has 5 heteroatoms. The van der Waals surface area contributed by atoms with E-state index in [0.717, 1.165) is 21.1 Å². The number of fused-ring (bicyclic) bond motifs is 1. The standard InChI is InChI=1S/C15H11BrN2O2/c16-11-5-6-12(17-8-11)9-18-13-4-2-1-3-10(13)7-14(18)15(19)20/h1-8H,9H2,(H,19,20). The van der Waals surface area contributed by atoms with Crippen molar-refractivity contribution in [2.75, 3.05) is 0 Å². The van der Waals surface area contributed by atoms with Crippen molar-refractivity contribution in [3.63, 3.8) is 0 Å². The maximum absolute atomic E-state index is 11.4. The van der Waals surface area contributed by atoms with Gasteiger partial charge in [-0.1, -0.05) is 18.2 Å². The number of aromatic carboxylic acids is 1. The third kappa shape index (κ3) is 2.32. The number of halogens is 1. The number of hydrogen-bond acceptors (Lipinski definition) is 2. The number of aromatic nitrogens is 2. The van der Waals surface area contributed by atoms with Crippen molar-refractivity contribution in [3.8, 4) is 0 Å². The van der Waals surface area contributed by atoms with Gasteiger partial charge in [0.15, 0.2) is 0 Å². The van der Waals surface area contributed by atoms with E-state index in [2.05, 4.69) is 20.9 Å². The van der Waals surface area contributed by atoms with E-state index in [1.54, 1.807) is 16.8 Å². The molecule has 0 bridgehead atoms. The topological polar surface area (TPSA) is 55.1 Å². The fraction of sp³-hybridized carbons (Fsp3) is 0.0667. The lowest BCUT2D eigenvalue weighted by atomic mass is 10.2. The maximum atomic E-state index is 11.4. The first kappa shape index (κ1) is 12.9.